The molecule has 1 unspecified atom stereocenters. The standard InChI is InChI=1S/C22H26N2O4/c1-24(2)18(17-6-4-5-7-19(17)26-3)15-23-22(25)11-9-16-8-10-20-21(14-16)28-13-12-27-20/h4-11,14,18H,12-13,15H2,1-3H3,(H,23,25)/b11-9+. The van der Waals surface area contributed by atoms with Crippen molar-refractivity contribution in [2.45, 2.75) is 6.04 Å². The molecule has 1 heterocycles. The fourth-order valence-electron chi connectivity index (χ4n) is 3.10. The van der Waals surface area contributed by atoms with Gasteiger partial charge in [0, 0.05) is 18.2 Å². The fourth-order valence-corrected chi connectivity index (χ4v) is 3.10. The zero-order valence-electron chi connectivity index (χ0n) is 16.5. The van der Waals surface area contributed by atoms with Crippen LogP contribution in [0.1, 0.15) is 17.2 Å². The molecule has 1 aliphatic heterocycles. The number of hydrogen-bond acceptors (Lipinski definition) is 5. The van der Waals surface area contributed by atoms with Crippen molar-refractivity contribution in [2.75, 3.05) is 41.0 Å². The summed E-state index contributed by atoms with van der Waals surface area (Å²) in [6, 6.07) is 13.5. The molecule has 0 bridgehead atoms. The second-order valence-corrected chi connectivity index (χ2v) is 6.70. The lowest BCUT2D eigenvalue weighted by Crippen LogP contribution is -2.33. The van der Waals surface area contributed by atoms with Crippen LogP contribution in [0.2, 0.25) is 0 Å². The van der Waals surface area contributed by atoms with Crippen LogP contribution in [0.15, 0.2) is 48.5 Å². The summed E-state index contributed by atoms with van der Waals surface area (Å²) in [5.74, 6) is 2.09. The highest BCUT2D eigenvalue weighted by Gasteiger charge is 2.18. The Bertz CT molecular complexity index is 848. The monoisotopic (exact) mass is 382 g/mol. The molecule has 0 radical (unpaired) electrons. The van der Waals surface area contributed by atoms with Gasteiger partial charge in [-0.05, 0) is 43.9 Å². The molecule has 0 aliphatic carbocycles. The summed E-state index contributed by atoms with van der Waals surface area (Å²) < 4.78 is 16.5. The predicted molar refractivity (Wildman–Crippen MR) is 109 cm³/mol. The molecule has 6 nitrogen and oxygen atoms in total. The summed E-state index contributed by atoms with van der Waals surface area (Å²) in [5.41, 5.74) is 1.92. The van der Waals surface area contributed by atoms with Gasteiger partial charge in [-0.3, -0.25) is 4.79 Å². The summed E-state index contributed by atoms with van der Waals surface area (Å²) in [6.45, 7) is 1.57. The average Bonchev–Trinajstić information content (AvgIpc) is 2.72. The van der Waals surface area contributed by atoms with E-state index < -0.39 is 0 Å². The number of fused-ring (bicyclic) bond motifs is 1. The van der Waals surface area contributed by atoms with Crippen molar-refractivity contribution in [3.8, 4) is 17.2 Å². The van der Waals surface area contributed by atoms with Crippen molar-refractivity contribution in [3.05, 3.63) is 59.7 Å². The number of hydrogen-bond donors (Lipinski definition) is 1. The van der Waals surface area contributed by atoms with E-state index in [-0.39, 0.29) is 11.9 Å². The second kappa shape index (κ2) is 9.28. The molecule has 148 valence electrons. The molecule has 0 saturated heterocycles. The Morgan fingerprint density at radius 2 is 1.93 bits per heavy atom. The lowest BCUT2D eigenvalue weighted by Gasteiger charge is -2.26. The minimum atomic E-state index is -0.156. The van der Waals surface area contributed by atoms with Gasteiger partial charge in [0.1, 0.15) is 19.0 Å². The second-order valence-electron chi connectivity index (χ2n) is 6.70. The third-order valence-corrected chi connectivity index (χ3v) is 4.58. The number of carbonyl (C=O) groups excluding carboxylic acids is 1. The molecule has 6 heteroatoms. The highest BCUT2D eigenvalue weighted by molar-refractivity contribution is 5.91. The SMILES string of the molecule is COc1ccccc1C(CNC(=O)/C=C/c1ccc2c(c1)OCCO2)N(C)C. The van der Waals surface area contributed by atoms with Gasteiger partial charge in [-0.1, -0.05) is 24.3 Å². The number of amides is 1. The first-order valence-electron chi connectivity index (χ1n) is 9.23. The number of nitrogens with zero attached hydrogens (tertiary/aromatic N) is 1. The largest absolute Gasteiger partial charge is 0.496 e. The Labute approximate surface area is 165 Å². The van der Waals surface area contributed by atoms with E-state index in [0.717, 1.165) is 22.6 Å². The molecule has 2 aromatic rings. The number of likely N-dealkylation sites (N-methyl/N-ethyl adjacent to an activating group) is 1. The Morgan fingerprint density at radius 1 is 1.18 bits per heavy atom. The highest BCUT2D eigenvalue weighted by Crippen LogP contribution is 2.31. The molecule has 1 amide bonds. The van der Waals surface area contributed by atoms with Crippen molar-refractivity contribution < 1.29 is 19.0 Å². The molecule has 1 atom stereocenters. The minimum Gasteiger partial charge on any atom is -0.496 e. The van der Waals surface area contributed by atoms with E-state index in [1.54, 1.807) is 13.2 Å². The highest BCUT2D eigenvalue weighted by atomic mass is 16.6. The first-order valence-corrected chi connectivity index (χ1v) is 9.23. The molecule has 0 spiro atoms. The van der Waals surface area contributed by atoms with E-state index in [1.165, 1.54) is 6.08 Å². The molecule has 0 aromatic heterocycles. The maximum atomic E-state index is 12.3. The van der Waals surface area contributed by atoms with Gasteiger partial charge in [0.25, 0.3) is 0 Å². The number of ether oxygens (including phenoxy) is 3. The van der Waals surface area contributed by atoms with Crippen molar-refractivity contribution in [1.29, 1.82) is 0 Å². The third kappa shape index (κ3) is 4.84. The van der Waals surface area contributed by atoms with Crippen LogP contribution in [0, 0.1) is 0 Å². The topological polar surface area (TPSA) is 60.0 Å². The maximum Gasteiger partial charge on any atom is 0.244 e. The summed E-state index contributed by atoms with van der Waals surface area (Å²) in [4.78, 5) is 14.4. The van der Waals surface area contributed by atoms with Crippen molar-refractivity contribution in [2.24, 2.45) is 0 Å². The number of para-hydroxylation sites is 1. The molecule has 3 rings (SSSR count). The zero-order chi connectivity index (χ0) is 19.9. The Hall–Kier alpha value is -2.99. The molecular weight excluding hydrogens is 356 g/mol. The van der Waals surface area contributed by atoms with Gasteiger partial charge in [-0.25, -0.2) is 0 Å². The van der Waals surface area contributed by atoms with E-state index in [1.807, 2.05) is 56.6 Å². The van der Waals surface area contributed by atoms with Crippen LogP contribution in [-0.2, 0) is 4.79 Å². The van der Waals surface area contributed by atoms with E-state index in [4.69, 9.17) is 14.2 Å². The number of benzene rings is 2. The minimum absolute atomic E-state index is 0.00259. The zero-order valence-corrected chi connectivity index (χ0v) is 16.5. The van der Waals surface area contributed by atoms with Crippen LogP contribution < -0.4 is 19.5 Å². The Kier molecular flexibility index (Phi) is 6.55. The number of nitrogens with one attached hydrogen (secondary N) is 1. The predicted octanol–water partition coefficient (Wildman–Crippen LogP) is 2.90. The summed E-state index contributed by atoms with van der Waals surface area (Å²) >= 11 is 0. The molecule has 1 aliphatic rings. The van der Waals surface area contributed by atoms with Crippen molar-refractivity contribution in [1.82, 2.24) is 10.2 Å². The summed E-state index contributed by atoms with van der Waals surface area (Å²) in [5, 5.41) is 2.97. The Morgan fingerprint density at radius 3 is 2.68 bits per heavy atom. The normalized spacial score (nSPS) is 14.1. The molecule has 0 fully saturated rings. The van der Waals surface area contributed by atoms with E-state index in [0.29, 0.717) is 25.5 Å². The molecule has 0 saturated carbocycles. The average molecular weight is 382 g/mol. The van der Waals surface area contributed by atoms with Crippen LogP contribution >= 0.6 is 0 Å². The molecule has 28 heavy (non-hydrogen) atoms. The Balaban J connectivity index is 1.63. The lowest BCUT2D eigenvalue weighted by molar-refractivity contribution is -0.116. The van der Waals surface area contributed by atoms with Gasteiger partial charge in [-0.2, -0.15) is 0 Å². The van der Waals surface area contributed by atoms with Crippen LogP contribution in [0.3, 0.4) is 0 Å². The van der Waals surface area contributed by atoms with E-state index in [9.17, 15) is 4.79 Å². The first kappa shape index (κ1) is 19.8. The summed E-state index contributed by atoms with van der Waals surface area (Å²) in [7, 11) is 5.61. The van der Waals surface area contributed by atoms with Gasteiger partial charge in [0.2, 0.25) is 5.91 Å². The lowest BCUT2D eigenvalue weighted by atomic mass is 10.0. The maximum absolute atomic E-state index is 12.3. The fraction of sp³-hybridized carbons (Fsp3) is 0.318. The van der Waals surface area contributed by atoms with Crippen molar-refractivity contribution in [3.63, 3.8) is 0 Å². The smallest absolute Gasteiger partial charge is 0.244 e. The summed E-state index contributed by atoms with van der Waals surface area (Å²) in [6.07, 6.45) is 3.29. The molecule has 1 N–H and O–H groups in total. The van der Waals surface area contributed by atoms with Crippen LogP contribution in [0.5, 0.6) is 17.2 Å². The van der Waals surface area contributed by atoms with E-state index in [2.05, 4.69) is 10.2 Å². The van der Waals surface area contributed by atoms with Crippen molar-refractivity contribution >= 4 is 12.0 Å². The van der Waals surface area contributed by atoms with Crippen LogP contribution in [0.25, 0.3) is 6.08 Å². The van der Waals surface area contributed by atoms with E-state index >= 15 is 0 Å². The van der Waals surface area contributed by atoms with Gasteiger partial charge in [0.05, 0.1) is 13.2 Å². The van der Waals surface area contributed by atoms with Crippen LogP contribution in [0.4, 0.5) is 0 Å². The van der Waals surface area contributed by atoms with Crippen LogP contribution in [-0.4, -0.2) is 51.8 Å². The van der Waals surface area contributed by atoms with Gasteiger partial charge in [0.15, 0.2) is 11.5 Å². The van der Waals surface area contributed by atoms with Gasteiger partial charge >= 0.3 is 0 Å². The number of rotatable bonds is 7. The number of carbonyl (C=O) groups is 1. The molecule has 2 aromatic carbocycles. The van der Waals surface area contributed by atoms with Gasteiger partial charge < -0.3 is 24.4 Å². The third-order valence-electron chi connectivity index (χ3n) is 4.58. The number of methoxy groups -OCH3 is 1. The van der Waals surface area contributed by atoms with Gasteiger partial charge in [-0.15, -0.1) is 0 Å². The quantitative estimate of drug-likeness (QED) is 0.746. The molecular formula is C22H26N2O4. The first-order chi connectivity index (χ1) is 13.6.